The van der Waals surface area contributed by atoms with E-state index in [1.54, 1.807) is 13.8 Å². The fraction of sp³-hybridized carbons (Fsp3) is 0.480. The number of benzene rings is 1. The molecule has 1 heterocycles. The quantitative estimate of drug-likeness (QED) is 0.302. The third-order valence-electron chi connectivity index (χ3n) is 5.65. The second-order valence-electron chi connectivity index (χ2n) is 8.14. The number of aromatic nitrogens is 1. The molecule has 0 saturated carbocycles. The molecule has 7 nitrogen and oxygen atoms in total. The summed E-state index contributed by atoms with van der Waals surface area (Å²) in [5, 5.41) is 10.3. The standard InChI is InChI=1S/C25H31ClFNO6/c1-6-16(7-2)24(34-19-12-17(26)11-18(27)13-19)15(4)33-25(31)14(3)10-20(29)22-23(30)21(32-5)8-9-28-22/h8-9,11-16,24,30H,6-7,10H2,1-5H3/t14-,15+,24-/m1/s1. The first kappa shape index (κ1) is 27.4. The Morgan fingerprint density at radius 3 is 2.44 bits per heavy atom. The minimum absolute atomic E-state index is 0.0275. The molecule has 0 saturated heterocycles. The molecule has 1 aromatic carbocycles. The highest BCUT2D eigenvalue weighted by Crippen LogP contribution is 2.30. The zero-order valence-corrected chi connectivity index (χ0v) is 20.8. The summed E-state index contributed by atoms with van der Waals surface area (Å²) in [7, 11) is 1.36. The van der Waals surface area contributed by atoms with E-state index in [4.69, 9.17) is 25.8 Å². The molecule has 1 N–H and O–H groups in total. The first-order valence-corrected chi connectivity index (χ1v) is 11.6. The fourth-order valence-electron chi connectivity index (χ4n) is 3.71. The predicted octanol–water partition coefficient (Wildman–Crippen LogP) is 5.61. The topological polar surface area (TPSA) is 95.0 Å². The first-order chi connectivity index (χ1) is 16.1. The largest absolute Gasteiger partial charge is 0.503 e. The molecule has 2 aromatic rings. The van der Waals surface area contributed by atoms with Crippen LogP contribution < -0.4 is 9.47 Å². The van der Waals surface area contributed by atoms with E-state index in [2.05, 4.69) is 4.98 Å². The van der Waals surface area contributed by atoms with Crippen molar-refractivity contribution in [2.45, 2.75) is 59.2 Å². The number of ketones is 1. The summed E-state index contributed by atoms with van der Waals surface area (Å²) >= 11 is 5.95. The molecule has 0 fully saturated rings. The van der Waals surface area contributed by atoms with Crippen LogP contribution in [0.3, 0.4) is 0 Å². The van der Waals surface area contributed by atoms with Crippen LogP contribution in [0.4, 0.5) is 4.39 Å². The molecular weight excluding hydrogens is 465 g/mol. The monoisotopic (exact) mass is 495 g/mol. The summed E-state index contributed by atoms with van der Waals surface area (Å²) in [6.45, 7) is 7.24. The number of halogens is 2. The van der Waals surface area contributed by atoms with Crippen LogP contribution in [0, 0.1) is 17.7 Å². The number of methoxy groups -OCH3 is 1. The number of hydrogen-bond donors (Lipinski definition) is 1. The highest BCUT2D eigenvalue weighted by Gasteiger charge is 2.32. The third-order valence-corrected chi connectivity index (χ3v) is 5.87. The SMILES string of the molecule is CCC(CC)[C@H](Oc1cc(F)cc(Cl)c1)[C@H](C)OC(=O)[C@H](C)CC(=O)c1nccc(OC)c1O. The van der Waals surface area contributed by atoms with Crippen LogP contribution in [-0.2, 0) is 9.53 Å². The molecule has 0 aliphatic rings. The van der Waals surface area contributed by atoms with Gasteiger partial charge in [-0.05, 0) is 37.8 Å². The number of rotatable bonds is 12. The zero-order chi connectivity index (χ0) is 25.4. The number of carbonyl (C=O) groups excluding carboxylic acids is 2. The Hall–Kier alpha value is -2.87. The molecule has 186 valence electrons. The van der Waals surface area contributed by atoms with Gasteiger partial charge in [-0.15, -0.1) is 0 Å². The van der Waals surface area contributed by atoms with Gasteiger partial charge in [0.25, 0.3) is 0 Å². The van der Waals surface area contributed by atoms with Crippen molar-refractivity contribution in [2.24, 2.45) is 11.8 Å². The van der Waals surface area contributed by atoms with Gasteiger partial charge in [-0.1, -0.05) is 32.4 Å². The van der Waals surface area contributed by atoms with Gasteiger partial charge < -0.3 is 19.3 Å². The third kappa shape index (κ3) is 7.06. The first-order valence-electron chi connectivity index (χ1n) is 11.2. The van der Waals surface area contributed by atoms with Crippen molar-refractivity contribution in [3.8, 4) is 17.2 Å². The lowest BCUT2D eigenvalue weighted by Crippen LogP contribution is -2.40. The lowest BCUT2D eigenvalue weighted by molar-refractivity contribution is -0.158. The number of pyridine rings is 1. The van der Waals surface area contributed by atoms with Crippen molar-refractivity contribution in [1.29, 1.82) is 0 Å². The number of carbonyl (C=O) groups is 2. The normalized spacial score (nSPS) is 13.8. The molecule has 0 spiro atoms. The Morgan fingerprint density at radius 2 is 1.85 bits per heavy atom. The second-order valence-corrected chi connectivity index (χ2v) is 8.58. The smallest absolute Gasteiger partial charge is 0.309 e. The molecule has 0 aliphatic heterocycles. The molecule has 0 unspecified atom stereocenters. The minimum atomic E-state index is -0.798. The number of aromatic hydroxyl groups is 1. The summed E-state index contributed by atoms with van der Waals surface area (Å²) in [5.74, 6) is -2.43. The molecule has 0 bridgehead atoms. The van der Waals surface area contributed by atoms with E-state index in [-0.39, 0.29) is 40.3 Å². The zero-order valence-electron chi connectivity index (χ0n) is 20.0. The molecule has 34 heavy (non-hydrogen) atoms. The Labute approximate surface area is 204 Å². The number of esters is 1. The van der Waals surface area contributed by atoms with Crippen molar-refractivity contribution in [3.63, 3.8) is 0 Å². The van der Waals surface area contributed by atoms with Crippen molar-refractivity contribution in [3.05, 3.63) is 47.0 Å². The number of nitrogens with zero attached hydrogens (tertiary/aromatic N) is 1. The Balaban J connectivity index is 2.12. The molecule has 0 amide bonds. The summed E-state index contributed by atoms with van der Waals surface area (Å²) in [6.07, 6.45) is 1.40. The minimum Gasteiger partial charge on any atom is -0.503 e. The molecule has 9 heteroatoms. The summed E-state index contributed by atoms with van der Waals surface area (Å²) in [5.41, 5.74) is -0.173. The molecule has 3 atom stereocenters. The van der Waals surface area contributed by atoms with E-state index in [0.717, 1.165) is 12.8 Å². The second kappa shape index (κ2) is 12.6. The van der Waals surface area contributed by atoms with E-state index >= 15 is 0 Å². The maximum Gasteiger partial charge on any atom is 0.309 e. The van der Waals surface area contributed by atoms with Crippen LogP contribution >= 0.6 is 11.6 Å². The van der Waals surface area contributed by atoms with Crippen LogP contribution in [0.2, 0.25) is 5.02 Å². The van der Waals surface area contributed by atoms with Gasteiger partial charge >= 0.3 is 5.97 Å². The highest BCUT2D eigenvalue weighted by atomic mass is 35.5. The Bertz CT molecular complexity index is 977. The van der Waals surface area contributed by atoms with Gasteiger partial charge in [-0.25, -0.2) is 9.37 Å². The predicted molar refractivity (Wildman–Crippen MR) is 126 cm³/mol. The van der Waals surface area contributed by atoms with Crippen molar-refractivity contribution in [1.82, 2.24) is 4.98 Å². The van der Waals surface area contributed by atoms with Crippen molar-refractivity contribution >= 4 is 23.4 Å². The molecule has 2 rings (SSSR count). The van der Waals surface area contributed by atoms with E-state index in [9.17, 15) is 19.1 Å². The average Bonchev–Trinajstić information content (AvgIpc) is 2.78. The summed E-state index contributed by atoms with van der Waals surface area (Å²) in [4.78, 5) is 29.3. The van der Waals surface area contributed by atoms with Crippen molar-refractivity contribution < 1.29 is 33.3 Å². The molecular formula is C25H31ClFNO6. The molecule has 0 aliphatic carbocycles. The number of ether oxygens (including phenoxy) is 3. The van der Waals surface area contributed by atoms with Gasteiger partial charge in [0.15, 0.2) is 23.0 Å². The maximum atomic E-state index is 13.8. The van der Waals surface area contributed by atoms with Gasteiger partial charge in [0.2, 0.25) is 0 Å². The van der Waals surface area contributed by atoms with E-state index in [0.29, 0.717) is 0 Å². The Morgan fingerprint density at radius 1 is 1.18 bits per heavy atom. The van der Waals surface area contributed by atoms with Crippen molar-refractivity contribution in [2.75, 3.05) is 7.11 Å². The van der Waals surface area contributed by atoms with Crippen LogP contribution in [0.1, 0.15) is 57.4 Å². The van der Waals surface area contributed by atoms with Gasteiger partial charge in [0.05, 0.1) is 13.0 Å². The number of Topliss-reactive ketones (excluding diaryl/α,β-unsaturated/α-hetero) is 1. The lowest BCUT2D eigenvalue weighted by atomic mass is 9.92. The average molecular weight is 496 g/mol. The fourth-order valence-corrected chi connectivity index (χ4v) is 3.92. The molecule has 0 radical (unpaired) electrons. The highest BCUT2D eigenvalue weighted by molar-refractivity contribution is 6.30. The Kier molecular flexibility index (Phi) is 10.1. The van der Waals surface area contributed by atoms with Crippen LogP contribution in [0.5, 0.6) is 17.2 Å². The van der Waals surface area contributed by atoms with E-state index < -0.39 is 35.7 Å². The van der Waals surface area contributed by atoms with Gasteiger partial charge in [-0.3, -0.25) is 9.59 Å². The number of hydrogen-bond acceptors (Lipinski definition) is 7. The summed E-state index contributed by atoms with van der Waals surface area (Å²) < 4.78 is 30.5. The van der Waals surface area contributed by atoms with Gasteiger partial charge in [0.1, 0.15) is 23.8 Å². The van der Waals surface area contributed by atoms with Gasteiger partial charge in [0, 0.05) is 29.8 Å². The van der Waals surface area contributed by atoms with E-state index in [1.165, 1.54) is 37.6 Å². The summed E-state index contributed by atoms with van der Waals surface area (Å²) in [6, 6.07) is 5.33. The maximum absolute atomic E-state index is 13.8. The molecule has 1 aromatic heterocycles. The van der Waals surface area contributed by atoms with E-state index in [1.807, 2.05) is 13.8 Å². The van der Waals surface area contributed by atoms with Gasteiger partial charge in [-0.2, -0.15) is 0 Å². The lowest BCUT2D eigenvalue weighted by Gasteiger charge is -2.31. The van der Waals surface area contributed by atoms with Crippen LogP contribution in [0.25, 0.3) is 0 Å². The van der Waals surface area contributed by atoms with Crippen LogP contribution in [0.15, 0.2) is 30.5 Å². The van der Waals surface area contributed by atoms with Crippen LogP contribution in [-0.4, -0.2) is 41.2 Å².